The number of rotatable bonds is 6. The third-order valence-corrected chi connectivity index (χ3v) is 6.05. The zero-order valence-electron chi connectivity index (χ0n) is 19.0. The molecule has 0 saturated carbocycles. The van der Waals surface area contributed by atoms with E-state index in [-0.39, 0.29) is 0 Å². The van der Waals surface area contributed by atoms with Crippen molar-refractivity contribution in [1.82, 2.24) is 4.57 Å². The molecule has 3 aromatic rings. The topological polar surface area (TPSA) is 11.4 Å². The monoisotopic (exact) mass is 409 g/mol. The van der Waals surface area contributed by atoms with Gasteiger partial charge in [0.05, 0.1) is 5.69 Å². The lowest BCUT2D eigenvalue weighted by atomic mass is 10.0. The first-order valence-corrected chi connectivity index (χ1v) is 11.0. The Morgan fingerprint density at radius 1 is 0.935 bits per heavy atom. The Morgan fingerprint density at radius 2 is 1.68 bits per heavy atom. The Balaban J connectivity index is 1.66. The van der Waals surface area contributed by atoms with Gasteiger partial charge in [-0.1, -0.05) is 30.9 Å². The van der Waals surface area contributed by atoms with Gasteiger partial charge >= 0.3 is 0 Å². The quantitative estimate of drug-likeness (QED) is 0.436. The number of para-hydroxylation sites is 1. The van der Waals surface area contributed by atoms with Crippen molar-refractivity contribution in [2.24, 2.45) is 0 Å². The Bertz CT molecular complexity index is 1140. The van der Waals surface area contributed by atoms with Gasteiger partial charge in [-0.25, -0.2) is 0 Å². The predicted octanol–water partition coefficient (Wildman–Crippen LogP) is 6.96. The molecule has 0 atom stereocenters. The highest BCUT2D eigenvalue weighted by Crippen LogP contribution is 2.34. The molecule has 31 heavy (non-hydrogen) atoms. The lowest BCUT2D eigenvalue weighted by molar-refractivity contribution is 0.866. The lowest BCUT2D eigenvalue weighted by Crippen LogP contribution is -2.22. The summed E-state index contributed by atoms with van der Waals surface area (Å²) >= 11 is 0. The summed E-state index contributed by atoms with van der Waals surface area (Å²) < 4.78 is 2.30. The second-order valence-corrected chi connectivity index (χ2v) is 7.92. The van der Waals surface area contributed by atoms with Gasteiger partial charge in [0.1, 0.15) is 0 Å². The van der Waals surface area contributed by atoms with Crippen LogP contribution in [0, 0.1) is 13.8 Å². The summed E-state index contributed by atoms with van der Waals surface area (Å²) in [5, 5.41) is 0. The van der Waals surface area contributed by atoms with Crippen LogP contribution in [0.15, 0.2) is 79.1 Å². The fourth-order valence-corrected chi connectivity index (χ4v) is 4.36. The molecule has 158 valence electrons. The zero-order valence-corrected chi connectivity index (χ0v) is 19.0. The van der Waals surface area contributed by atoms with Gasteiger partial charge < -0.3 is 14.4 Å². The molecule has 1 aliphatic heterocycles. The molecule has 0 fully saturated rings. The van der Waals surface area contributed by atoms with Crippen LogP contribution in [0.3, 0.4) is 0 Å². The second kappa shape index (κ2) is 8.73. The maximum atomic E-state index is 4.26. The predicted molar refractivity (Wildman–Crippen MR) is 135 cm³/mol. The van der Waals surface area contributed by atoms with E-state index in [1.807, 2.05) is 0 Å². The average Bonchev–Trinajstić information content (AvgIpc) is 3.07. The third-order valence-electron chi connectivity index (χ3n) is 6.05. The Hall–Kier alpha value is -3.46. The second-order valence-electron chi connectivity index (χ2n) is 7.92. The summed E-state index contributed by atoms with van der Waals surface area (Å²) in [6.07, 6.45) is 8.58. The van der Waals surface area contributed by atoms with Crippen LogP contribution in [-0.4, -0.2) is 17.7 Å². The van der Waals surface area contributed by atoms with E-state index in [2.05, 4.69) is 128 Å². The van der Waals surface area contributed by atoms with Crippen molar-refractivity contribution < 1.29 is 0 Å². The van der Waals surface area contributed by atoms with E-state index >= 15 is 0 Å². The van der Waals surface area contributed by atoms with Gasteiger partial charge in [-0.15, -0.1) is 0 Å². The third kappa shape index (κ3) is 3.96. The van der Waals surface area contributed by atoms with Crippen LogP contribution in [0.25, 0.3) is 17.8 Å². The smallest absolute Gasteiger partial charge is 0.0529 e. The van der Waals surface area contributed by atoms with Crippen molar-refractivity contribution in [2.45, 2.75) is 27.7 Å². The lowest BCUT2D eigenvalue weighted by Gasteiger charge is -2.29. The molecule has 0 aliphatic carbocycles. The molecule has 0 radical (unpaired) electrons. The van der Waals surface area contributed by atoms with E-state index in [4.69, 9.17) is 0 Å². The minimum absolute atomic E-state index is 0.969. The highest BCUT2D eigenvalue weighted by molar-refractivity contribution is 5.81. The number of aryl methyl sites for hydroxylation is 1. The average molecular weight is 410 g/mol. The SMILES string of the molecule is C=C1C=Cc2cc(N(CC)CC)ccc2N1/C=C/c1cc(C)n(-c2ccccc2)c1C. The molecule has 2 heterocycles. The zero-order chi connectivity index (χ0) is 22.0. The molecule has 0 saturated heterocycles. The van der Waals surface area contributed by atoms with Gasteiger partial charge in [0, 0.05) is 53.3 Å². The van der Waals surface area contributed by atoms with Crippen molar-refractivity contribution in [2.75, 3.05) is 22.9 Å². The number of aromatic nitrogens is 1. The molecule has 2 aromatic carbocycles. The van der Waals surface area contributed by atoms with Crippen LogP contribution >= 0.6 is 0 Å². The summed E-state index contributed by atoms with van der Waals surface area (Å²) in [6.45, 7) is 15.0. The number of hydrogen-bond donors (Lipinski definition) is 0. The summed E-state index contributed by atoms with van der Waals surface area (Å²) in [5.41, 5.74) is 9.47. The highest BCUT2D eigenvalue weighted by atomic mass is 15.1. The standard InChI is InChI=1S/C28H31N3/c1-6-29(7-2)27-15-16-28-25(20-27)14-13-21(3)30(28)18-17-24-19-22(4)31(23(24)5)26-11-9-8-10-12-26/h8-20H,3,6-7H2,1-2,4-5H3/b18-17+. The number of allylic oxidation sites excluding steroid dienone is 1. The largest absolute Gasteiger partial charge is 0.372 e. The van der Waals surface area contributed by atoms with Crippen LogP contribution in [0.1, 0.15) is 36.4 Å². The number of fused-ring (bicyclic) bond motifs is 1. The molecule has 0 spiro atoms. The normalized spacial score (nSPS) is 13.2. The Labute approximate surface area is 186 Å². The van der Waals surface area contributed by atoms with Crippen molar-refractivity contribution in [3.63, 3.8) is 0 Å². The summed E-state index contributed by atoms with van der Waals surface area (Å²) in [6, 6.07) is 19.4. The summed E-state index contributed by atoms with van der Waals surface area (Å²) in [4.78, 5) is 4.55. The number of benzene rings is 2. The maximum absolute atomic E-state index is 4.26. The first-order chi connectivity index (χ1) is 15.0. The molecule has 0 bridgehead atoms. The number of anilines is 2. The molecule has 1 aliphatic rings. The van der Waals surface area contributed by atoms with Crippen LogP contribution in [-0.2, 0) is 0 Å². The first-order valence-electron chi connectivity index (χ1n) is 11.0. The van der Waals surface area contributed by atoms with Gasteiger partial charge in [-0.3, -0.25) is 0 Å². The number of hydrogen-bond acceptors (Lipinski definition) is 2. The molecule has 0 unspecified atom stereocenters. The maximum Gasteiger partial charge on any atom is 0.0529 e. The molecule has 0 N–H and O–H groups in total. The van der Waals surface area contributed by atoms with Crippen molar-refractivity contribution in [1.29, 1.82) is 0 Å². The van der Waals surface area contributed by atoms with Gasteiger partial charge in [0.15, 0.2) is 0 Å². The van der Waals surface area contributed by atoms with E-state index in [0.29, 0.717) is 0 Å². The fourth-order valence-electron chi connectivity index (χ4n) is 4.36. The summed E-state index contributed by atoms with van der Waals surface area (Å²) in [7, 11) is 0. The van der Waals surface area contributed by atoms with Crippen molar-refractivity contribution in [3.8, 4) is 5.69 Å². The van der Waals surface area contributed by atoms with Crippen LogP contribution in [0.2, 0.25) is 0 Å². The molecule has 3 heteroatoms. The van der Waals surface area contributed by atoms with E-state index in [1.54, 1.807) is 0 Å². The van der Waals surface area contributed by atoms with Crippen LogP contribution in [0.5, 0.6) is 0 Å². The van der Waals surface area contributed by atoms with Crippen LogP contribution in [0.4, 0.5) is 11.4 Å². The number of nitrogens with zero attached hydrogens (tertiary/aromatic N) is 3. The van der Waals surface area contributed by atoms with E-state index in [0.717, 1.165) is 24.5 Å². The highest BCUT2D eigenvalue weighted by Gasteiger charge is 2.16. The van der Waals surface area contributed by atoms with E-state index < -0.39 is 0 Å². The Morgan fingerprint density at radius 3 is 2.39 bits per heavy atom. The van der Waals surface area contributed by atoms with Crippen molar-refractivity contribution >= 4 is 23.5 Å². The molecular weight excluding hydrogens is 378 g/mol. The van der Waals surface area contributed by atoms with E-state index in [9.17, 15) is 0 Å². The Kier molecular flexibility index (Phi) is 5.85. The van der Waals surface area contributed by atoms with Gasteiger partial charge in [-0.2, -0.15) is 0 Å². The fraction of sp³-hybridized carbons (Fsp3) is 0.214. The molecule has 1 aromatic heterocycles. The minimum Gasteiger partial charge on any atom is -0.372 e. The molecular formula is C28H31N3. The van der Waals surface area contributed by atoms with E-state index in [1.165, 1.54) is 33.9 Å². The minimum atomic E-state index is 0.969. The van der Waals surface area contributed by atoms with Gasteiger partial charge in [-0.05, 0) is 81.8 Å². The van der Waals surface area contributed by atoms with Gasteiger partial charge in [0.2, 0.25) is 0 Å². The van der Waals surface area contributed by atoms with Crippen LogP contribution < -0.4 is 9.80 Å². The molecule has 4 rings (SSSR count). The summed E-state index contributed by atoms with van der Waals surface area (Å²) in [5.74, 6) is 0. The first kappa shape index (κ1) is 20.8. The molecule has 3 nitrogen and oxygen atoms in total. The molecule has 0 amide bonds. The van der Waals surface area contributed by atoms with Gasteiger partial charge in [0.25, 0.3) is 0 Å². The van der Waals surface area contributed by atoms with Crippen molar-refractivity contribution in [3.05, 3.63) is 102 Å².